The van der Waals surface area contributed by atoms with Crippen LogP contribution in [-0.4, -0.2) is 48.5 Å². The van der Waals surface area contributed by atoms with Crippen molar-refractivity contribution in [1.29, 1.82) is 0 Å². The fourth-order valence-electron chi connectivity index (χ4n) is 4.25. The van der Waals surface area contributed by atoms with Gasteiger partial charge in [-0.25, -0.2) is 4.98 Å². The summed E-state index contributed by atoms with van der Waals surface area (Å²) >= 11 is 0. The summed E-state index contributed by atoms with van der Waals surface area (Å²) in [5.74, 6) is 0.754. The van der Waals surface area contributed by atoms with Gasteiger partial charge in [-0.3, -0.25) is 9.59 Å². The largest absolute Gasteiger partial charge is 0.484 e. The average molecular weight is 478 g/mol. The molecule has 1 aliphatic heterocycles. The first kappa shape index (κ1) is 24.5. The number of carbonyl (C=O) groups is 2. The summed E-state index contributed by atoms with van der Waals surface area (Å²) in [5.41, 5.74) is 4.71. The highest BCUT2D eigenvalue weighted by atomic mass is 16.5. The van der Waals surface area contributed by atoms with E-state index in [0.717, 1.165) is 17.5 Å². The second kappa shape index (κ2) is 11.2. The number of nitrogens with zero attached hydrogens (tertiary/aromatic N) is 2. The Morgan fingerprint density at radius 1 is 1.20 bits per heavy atom. The summed E-state index contributed by atoms with van der Waals surface area (Å²) in [5, 5.41) is 2.70. The van der Waals surface area contributed by atoms with Crippen LogP contribution in [0.3, 0.4) is 0 Å². The predicted molar refractivity (Wildman–Crippen MR) is 130 cm³/mol. The van der Waals surface area contributed by atoms with E-state index in [4.69, 9.17) is 13.9 Å². The Morgan fingerprint density at radius 3 is 2.74 bits per heavy atom. The smallest absolute Gasteiger partial charge is 0.273 e. The van der Waals surface area contributed by atoms with Crippen molar-refractivity contribution >= 4 is 11.8 Å². The second-order valence-corrected chi connectivity index (χ2v) is 8.53. The first-order valence-electron chi connectivity index (χ1n) is 11.8. The Kier molecular flexibility index (Phi) is 7.82. The molecule has 0 spiro atoms. The quantitative estimate of drug-likeness (QED) is 0.471. The number of carbonyl (C=O) groups excluding carboxylic acids is 2. The standard InChI is InChI=1S/C27H31N3O5/c1-4-25(31)30-13-11-19-9-10-21(15-22(19)26(30)20-7-5-18(2)6-8-20)34-17-24-29-23(16-35-24)27(32)28-12-14-33-3/h5-10,15-16,26H,4,11-14,17H2,1-3H3,(H,28,32)/t26-/m0/s1. The van der Waals surface area contributed by atoms with Crippen molar-refractivity contribution in [3.63, 3.8) is 0 Å². The van der Waals surface area contributed by atoms with Gasteiger partial charge in [-0.15, -0.1) is 0 Å². The van der Waals surface area contributed by atoms with E-state index in [0.29, 0.717) is 37.8 Å². The normalized spacial score (nSPS) is 14.9. The molecule has 1 aliphatic rings. The molecule has 0 saturated heterocycles. The third-order valence-electron chi connectivity index (χ3n) is 6.10. The molecule has 4 rings (SSSR count). The fourth-order valence-corrected chi connectivity index (χ4v) is 4.25. The van der Waals surface area contributed by atoms with Gasteiger partial charge in [0.1, 0.15) is 12.0 Å². The molecule has 35 heavy (non-hydrogen) atoms. The molecule has 2 amide bonds. The number of methoxy groups -OCH3 is 1. The highest BCUT2D eigenvalue weighted by Crippen LogP contribution is 2.37. The van der Waals surface area contributed by atoms with Gasteiger partial charge in [0.2, 0.25) is 11.8 Å². The van der Waals surface area contributed by atoms with Crippen LogP contribution in [0.5, 0.6) is 5.75 Å². The van der Waals surface area contributed by atoms with Gasteiger partial charge >= 0.3 is 0 Å². The van der Waals surface area contributed by atoms with Crippen molar-refractivity contribution < 1.29 is 23.5 Å². The van der Waals surface area contributed by atoms with Crippen molar-refractivity contribution in [2.45, 2.75) is 39.3 Å². The van der Waals surface area contributed by atoms with Gasteiger partial charge in [0.15, 0.2) is 12.3 Å². The zero-order valence-electron chi connectivity index (χ0n) is 20.4. The lowest BCUT2D eigenvalue weighted by Gasteiger charge is -2.38. The topological polar surface area (TPSA) is 93.9 Å². The van der Waals surface area contributed by atoms with Gasteiger partial charge < -0.3 is 24.1 Å². The van der Waals surface area contributed by atoms with E-state index < -0.39 is 0 Å². The third kappa shape index (κ3) is 5.71. The van der Waals surface area contributed by atoms with Crippen LogP contribution in [0.4, 0.5) is 0 Å². The van der Waals surface area contributed by atoms with Gasteiger partial charge in [0.05, 0.1) is 12.6 Å². The summed E-state index contributed by atoms with van der Waals surface area (Å²) in [4.78, 5) is 31.1. The van der Waals surface area contributed by atoms with E-state index in [1.807, 2.05) is 24.0 Å². The van der Waals surface area contributed by atoms with Gasteiger partial charge in [-0.2, -0.15) is 0 Å². The summed E-state index contributed by atoms with van der Waals surface area (Å²) in [6, 6.07) is 14.1. The van der Waals surface area contributed by atoms with Crippen LogP contribution in [0, 0.1) is 6.92 Å². The molecule has 0 fully saturated rings. The molecule has 1 aromatic heterocycles. The van der Waals surface area contributed by atoms with Crippen molar-refractivity contribution in [1.82, 2.24) is 15.2 Å². The van der Waals surface area contributed by atoms with Gasteiger partial charge in [-0.1, -0.05) is 42.8 Å². The summed E-state index contributed by atoms with van der Waals surface area (Å²) < 4.78 is 16.3. The van der Waals surface area contributed by atoms with Crippen molar-refractivity contribution in [3.8, 4) is 5.75 Å². The number of aryl methyl sites for hydroxylation is 1. The minimum atomic E-state index is -0.326. The number of rotatable bonds is 9. The summed E-state index contributed by atoms with van der Waals surface area (Å²) in [6.45, 7) is 5.52. The van der Waals surface area contributed by atoms with E-state index in [2.05, 4.69) is 47.6 Å². The monoisotopic (exact) mass is 477 g/mol. The van der Waals surface area contributed by atoms with Crippen molar-refractivity contribution in [2.24, 2.45) is 0 Å². The molecule has 184 valence electrons. The van der Waals surface area contributed by atoms with E-state index in [9.17, 15) is 9.59 Å². The molecular weight excluding hydrogens is 446 g/mol. The van der Waals surface area contributed by atoms with Crippen LogP contribution >= 0.6 is 0 Å². The Morgan fingerprint density at radius 2 is 2.00 bits per heavy atom. The van der Waals surface area contributed by atoms with E-state index in [1.165, 1.54) is 17.4 Å². The first-order valence-corrected chi connectivity index (χ1v) is 11.8. The lowest BCUT2D eigenvalue weighted by Crippen LogP contribution is -2.40. The molecule has 3 aromatic rings. The minimum Gasteiger partial charge on any atom is -0.484 e. The Labute approximate surface area is 205 Å². The van der Waals surface area contributed by atoms with E-state index in [1.54, 1.807) is 7.11 Å². The number of ether oxygens (including phenoxy) is 2. The van der Waals surface area contributed by atoms with Crippen LogP contribution in [0.1, 0.15) is 58.0 Å². The third-order valence-corrected chi connectivity index (χ3v) is 6.10. The molecule has 0 saturated carbocycles. The molecule has 0 unspecified atom stereocenters. The first-order chi connectivity index (χ1) is 17.0. The number of nitrogens with one attached hydrogen (secondary N) is 1. The Bertz CT molecular complexity index is 1170. The lowest BCUT2D eigenvalue weighted by atomic mass is 9.87. The predicted octanol–water partition coefficient (Wildman–Crippen LogP) is 3.82. The number of aromatic nitrogens is 1. The lowest BCUT2D eigenvalue weighted by molar-refractivity contribution is -0.132. The zero-order chi connectivity index (χ0) is 24.8. The molecule has 0 bridgehead atoms. The highest BCUT2D eigenvalue weighted by molar-refractivity contribution is 5.91. The van der Waals surface area contributed by atoms with Crippen LogP contribution < -0.4 is 10.1 Å². The van der Waals surface area contributed by atoms with E-state index in [-0.39, 0.29) is 30.2 Å². The van der Waals surface area contributed by atoms with Crippen LogP contribution in [0.25, 0.3) is 0 Å². The number of benzene rings is 2. The molecule has 8 nitrogen and oxygen atoms in total. The molecular formula is C27H31N3O5. The van der Waals surface area contributed by atoms with Crippen LogP contribution in [0.15, 0.2) is 53.1 Å². The average Bonchev–Trinajstić information content (AvgIpc) is 3.36. The SMILES string of the molecule is CCC(=O)N1CCc2ccc(OCc3nc(C(=O)NCCOC)co3)cc2[C@@H]1c1ccc(C)cc1. The number of hydrogen-bond donors (Lipinski definition) is 1. The molecule has 0 radical (unpaired) electrons. The maximum absolute atomic E-state index is 12.8. The van der Waals surface area contributed by atoms with Gasteiger partial charge in [0, 0.05) is 26.6 Å². The summed E-state index contributed by atoms with van der Waals surface area (Å²) in [6.07, 6.45) is 2.57. The fraction of sp³-hybridized carbons (Fsp3) is 0.370. The molecule has 1 atom stereocenters. The Balaban J connectivity index is 1.52. The van der Waals surface area contributed by atoms with Gasteiger partial charge in [0.25, 0.3) is 5.91 Å². The second-order valence-electron chi connectivity index (χ2n) is 8.53. The Hall–Kier alpha value is -3.65. The molecule has 0 aliphatic carbocycles. The van der Waals surface area contributed by atoms with Crippen molar-refractivity contribution in [2.75, 3.05) is 26.8 Å². The summed E-state index contributed by atoms with van der Waals surface area (Å²) in [7, 11) is 1.57. The molecule has 8 heteroatoms. The van der Waals surface area contributed by atoms with Gasteiger partial charge in [-0.05, 0) is 42.2 Å². The molecule has 2 aromatic carbocycles. The van der Waals surface area contributed by atoms with Crippen LogP contribution in [-0.2, 0) is 22.6 Å². The molecule has 1 N–H and O–H groups in total. The van der Waals surface area contributed by atoms with Crippen molar-refractivity contribution in [3.05, 3.63) is 82.6 Å². The molecule has 2 heterocycles. The minimum absolute atomic E-state index is 0.0803. The number of fused-ring (bicyclic) bond motifs is 1. The highest BCUT2D eigenvalue weighted by Gasteiger charge is 2.31. The zero-order valence-corrected chi connectivity index (χ0v) is 20.4. The van der Waals surface area contributed by atoms with E-state index >= 15 is 0 Å². The number of oxazole rings is 1. The number of hydrogen-bond acceptors (Lipinski definition) is 6. The van der Waals surface area contributed by atoms with Crippen LogP contribution in [0.2, 0.25) is 0 Å². The maximum Gasteiger partial charge on any atom is 0.273 e. The number of amides is 2. The maximum atomic E-state index is 12.8.